The lowest BCUT2D eigenvalue weighted by Crippen LogP contribution is -2.46. The molecule has 8 heteroatoms. The summed E-state index contributed by atoms with van der Waals surface area (Å²) in [6.07, 6.45) is 3.08. The Morgan fingerprint density at radius 1 is 0.946 bits per heavy atom. The van der Waals surface area contributed by atoms with Gasteiger partial charge in [0, 0.05) is 19.2 Å². The van der Waals surface area contributed by atoms with Gasteiger partial charge in [-0.3, -0.25) is 9.59 Å². The summed E-state index contributed by atoms with van der Waals surface area (Å²) in [5, 5.41) is 3.16. The van der Waals surface area contributed by atoms with E-state index < -0.39 is 12.0 Å². The molecule has 0 spiro atoms. The van der Waals surface area contributed by atoms with Gasteiger partial charge >= 0.3 is 0 Å². The lowest BCUT2D eigenvalue weighted by atomic mass is 9.79. The first kappa shape index (κ1) is 28.3. The molecule has 2 aromatic rings. The molecular formula is C29H41N3O5. The van der Waals surface area contributed by atoms with Gasteiger partial charge in [0.1, 0.15) is 5.75 Å². The molecule has 0 aromatic heterocycles. The van der Waals surface area contributed by atoms with Crippen molar-refractivity contribution in [2.45, 2.75) is 45.1 Å². The van der Waals surface area contributed by atoms with Gasteiger partial charge in [-0.2, -0.15) is 0 Å². The SMILES string of the molecule is CCCN(CCC)CCCNC(=O)[C@@H]1c2cc(OC)c(OC)cc2C(=O)N(C)[C@@H]1c1ccc(OC)cc1. The zero-order valence-electron chi connectivity index (χ0n) is 23.0. The third-order valence-corrected chi connectivity index (χ3v) is 6.94. The van der Waals surface area contributed by atoms with Gasteiger partial charge in [0.25, 0.3) is 5.91 Å². The molecule has 8 nitrogen and oxygen atoms in total. The molecule has 1 heterocycles. The zero-order valence-corrected chi connectivity index (χ0v) is 23.0. The highest BCUT2D eigenvalue weighted by atomic mass is 16.5. The Balaban J connectivity index is 1.94. The summed E-state index contributed by atoms with van der Waals surface area (Å²) in [7, 11) is 6.44. The van der Waals surface area contributed by atoms with E-state index in [4.69, 9.17) is 14.2 Å². The van der Waals surface area contributed by atoms with Crippen LogP contribution in [0.5, 0.6) is 17.2 Å². The summed E-state index contributed by atoms with van der Waals surface area (Å²) in [6.45, 7) is 8.00. The number of methoxy groups -OCH3 is 3. The maximum Gasteiger partial charge on any atom is 0.254 e. The molecule has 1 aliphatic heterocycles. The number of rotatable bonds is 13. The number of carbonyl (C=O) groups excluding carboxylic acids is 2. The summed E-state index contributed by atoms with van der Waals surface area (Å²) in [5.41, 5.74) is 1.94. The normalized spacial score (nSPS) is 16.9. The van der Waals surface area contributed by atoms with E-state index in [2.05, 4.69) is 24.1 Å². The Morgan fingerprint density at radius 3 is 2.14 bits per heavy atom. The number of nitrogens with one attached hydrogen (secondary N) is 1. The maximum absolute atomic E-state index is 13.8. The van der Waals surface area contributed by atoms with Crippen LogP contribution in [0.25, 0.3) is 0 Å². The van der Waals surface area contributed by atoms with E-state index in [9.17, 15) is 9.59 Å². The van der Waals surface area contributed by atoms with Crippen LogP contribution >= 0.6 is 0 Å². The van der Waals surface area contributed by atoms with Gasteiger partial charge < -0.3 is 29.3 Å². The average Bonchev–Trinajstić information content (AvgIpc) is 2.92. The van der Waals surface area contributed by atoms with Crippen molar-refractivity contribution >= 4 is 11.8 Å². The van der Waals surface area contributed by atoms with E-state index in [1.54, 1.807) is 38.3 Å². The topological polar surface area (TPSA) is 80.3 Å². The van der Waals surface area contributed by atoms with Crippen molar-refractivity contribution < 1.29 is 23.8 Å². The molecule has 37 heavy (non-hydrogen) atoms. The third-order valence-electron chi connectivity index (χ3n) is 6.94. The van der Waals surface area contributed by atoms with Crippen molar-refractivity contribution in [1.82, 2.24) is 15.1 Å². The smallest absolute Gasteiger partial charge is 0.254 e. The fourth-order valence-corrected chi connectivity index (χ4v) is 5.14. The molecule has 2 aromatic carbocycles. The number of carbonyl (C=O) groups is 2. The molecule has 0 radical (unpaired) electrons. The maximum atomic E-state index is 13.8. The molecule has 2 atom stereocenters. The molecule has 202 valence electrons. The number of fused-ring (bicyclic) bond motifs is 1. The predicted octanol–water partition coefficient (Wildman–Crippen LogP) is 4.25. The third kappa shape index (κ3) is 6.36. The van der Waals surface area contributed by atoms with Crippen LogP contribution < -0.4 is 19.5 Å². The van der Waals surface area contributed by atoms with Crippen LogP contribution in [0, 0.1) is 0 Å². The Bertz CT molecular complexity index is 1050. The van der Waals surface area contributed by atoms with Crippen LogP contribution in [-0.4, -0.2) is 76.2 Å². The minimum atomic E-state index is -0.617. The van der Waals surface area contributed by atoms with Crippen molar-refractivity contribution in [3.05, 3.63) is 53.1 Å². The number of nitrogens with zero attached hydrogens (tertiary/aromatic N) is 2. The first-order chi connectivity index (χ1) is 17.9. The van der Waals surface area contributed by atoms with Crippen molar-refractivity contribution in [3.8, 4) is 17.2 Å². The van der Waals surface area contributed by atoms with E-state index >= 15 is 0 Å². The molecule has 0 fully saturated rings. The first-order valence-electron chi connectivity index (χ1n) is 13.1. The molecule has 0 saturated carbocycles. The quantitative estimate of drug-likeness (QED) is 0.405. The van der Waals surface area contributed by atoms with E-state index in [0.29, 0.717) is 34.9 Å². The van der Waals surface area contributed by atoms with Gasteiger partial charge in [0.2, 0.25) is 5.91 Å². The number of hydrogen-bond donors (Lipinski definition) is 1. The van der Waals surface area contributed by atoms with Gasteiger partial charge in [0.05, 0.1) is 33.3 Å². The summed E-state index contributed by atoms with van der Waals surface area (Å²) >= 11 is 0. The second-order valence-corrected chi connectivity index (χ2v) is 9.39. The van der Waals surface area contributed by atoms with Crippen LogP contribution in [0.1, 0.15) is 66.6 Å². The van der Waals surface area contributed by atoms with Crippen LogP contribution in [0.15, 0.2) is 36.4 Å². The van der Waals surface area contributed by atoms with Crippen molar-refractivity contribution in [1.29, 1.82) is 0 Å². The number of likely N-dealkylation sites (N-methyl/N-ethyl adjacent to an activating group) is 1. The van der Waals surface area contributed by atoms with Gasteiger partial charge in [-0.25, -0.2) is 0 Å². The van der Waals surface area contributed by atoms with Crippen LogP contribution in [0.4, 0.5) is 0 Å². The van der Waals surface area contributed by atoms with Crippen LogP contribution in [0.3, 0.4) is 0 Å². The fraction of sp³-hybridized carbons (Fsp3) is 0.517. The first-order valence-corrected chi connectivity index (χ1v) is 13.1. The van der Waals surface area contributed by atoms with E-state index in [1.807, 2.05) is 24.3 Å². The lowest BCUT2D eigenvalue weighted by Gasteiger charge is -2.40. The molecule has 0 aliphatic carbocycles. The van der Waals surface area contributed by atoms with Gasteiger partial charge in [-0.1, -0.05) is 26.0 Å². The standard InChI is InChI=1S/C29H41N3O5/c1-7-15-32(16-8-2)17-9-14-30-28(33)26-22-18-24(36-5)25(37-6)19-23(22)29(34)31(3)27(26)20-10-12-21(35-4)13-11-20/h10-13,18-19,26-27H,7-9,14-17H2,1-6H3,(H,30,33)/t26-,27-/m1/s1. The Hall–Kier alpha value is -3.26. The molecule has 2 amide bonds. The Kier molecular flexibility index (Phi) is 10.2. The molecule has 0 unspecified atom stereocenters. The number of amides is 2. The lowest BCUT2D eigenvalue weighted by molar-refractivity contribution is -0.124. The minimum Gasteiger partial charge on any atom is -0.497 e. The predicted molar refractivity (Wildman–Crippen MR) is 145 cm³/mol. The second kappa shape index (κ2) is 13.3. The molecule has 1 aliphatic rings. The van der Waals surface area contributed by atoms with E-state index in [0.717, 1.165) is 44.5 Å². The summed E-state index contributed by atoms with van der Waals surface area (Å²) < 4.78 is 16.3. The minimum absolute atomic E-state index is 0.119. The van der Waals surface area contributed by atoms with Crippen molar-refractivity contribution in [3.63, 3.8) is 0 Å². The Labute approximate surface area is 220 Å². The molecular weight excluding hydrogens is 470 g/mol. The molecule has 1 N–H and O–H groups in total. The van der Waals surface area contributed by atoms with Gasteiger partial charge in [0.15, 0.2) is 11.5 Å². The van der Waals surface area contributed by atoms with Crippen molar-refractivity contribution in [2.24, 2.45) is 0 Å². The van der Waals surface area contributed by atoms with Crippen LogP contribution in [-0.2, 0) is 4.79 Å². The largest absolute Gasteiger partial charge is 0.497 e. The Morgan fingerprint density at radius 2 is 1.57 bits per heavy atom. The fourth-order valence-electron chi connectivity index (χ4n) is 5.14. The van der Waals surface area contributed by atoms with Gasteiger partial charge in [-0.05, 0) is 74.3 Å². The summed E-state index contributed by atoms with van der Waals surface area (Å²) in [5.74, 6) is 0.747. The summed E-state index contributed by atoms with van der Waals surface area (Å²) in [4.78, 5) is 31.4. The second-order valence-electron chi connectivity index (χ2n) is 9.39. The zero-order chi connectivity index (χ0) is 26.9. The highest BCUT2D eigenvalue weighted by Crippen LogP contribution is 2.45. The highest BCUT2D eigenvalue weighted by molar-refractivity contribution is 6.02. The monoisotopic (exact) mass is 511 g/mol. The van der Waals surface area contributed by atoms with Crippen LogP contribution in [0.2, 0.25) is 0 Å². The van der Waals surface area contributed by atoms with Crippen molar-refractivity contribution in [2.75, 3.05) is 54.6 Å². The highest BCUT2D eigenvalue weighted by Gasteiger charge is 2.43. The van der Waals surface area contributed by atoms with E-state index in [1.165, 1.54) is 7.11 Å². The average molecular weight is 512 g/mol. The summed E-state index contributed by atoms with van der Waals surface area (Å²) in [6, 6.07) is 10.5. The molecule has 0 bridgehead atoms. The van der Waals surface area contributed by atoms with E-state index in [-0.39, 0.29) is 11.8 Å². The molecule has 3 rings (SSSR count). The van der Waals surface area contributed by atoms with Gasteiger partial charge in [-0.15, -0.1) is 0 Å². The number of hydrogen-bond acceptors (Lipinski definition) is 6. The number of ether oxygens (including phenoxy) is 3. The number of benzene rings is 2. The molecule has 0 saturated heterocycles.